The molecule has 226 valence electrons. The lowest BCUT2D eigenvalue weighted by atomic mass is 10.0. The zero-order valence-corrected chi connectivity index (χ0v) is 24.2. The molecular weight excluding hydrogens is 619 g/mol. The van der Waals surface area contributed by atoms with Gasteiger partial charge in [0.05, 0.1) is 43.6 Å². The molecule has 0 spiro atoms. The largest absolute Gasteiger partial charge is 0.480 e. The Bertz CT molecular complexity index is 997. The lowest BCUT2D eigenvalue weighted by Crippen LogP contribution is -2.51. The summed E-state index contributed by atoms with van der Waals surface area (Å²) < 4.78 is 0. The molecule has 18 heteroatoms. The van der Waals surface area contributed by atoms with E-state index in [1.165, 1.54) is 9.80 Å². The molecule has 1 rings (SSSR count). The third-order valence-corrected chi connectivity index (χ3v) is 5.14. The van der Waals surface area contributed by atoms with Crippen LogP contribution in [-0.2, 0) is 30.4 Å². The van der Waals surface area contributed by atoms with Crippen LogP contribution in [0.3, 0.4) is 0 Å². The predicted molar refractivity (Wildman–Crippen MR) is 153 cm³/mol. The van der Waals surface area contributed by atoms with Crippen molar-refractivity contribution < 1.29 is 49.5 Å². The number of carboxylic acids is 5. The Balaban J connectivity index is -0.00000456. The van der Waals surface area contributed by atoms with Gasteiger partial charge in [-0.25, -0.2) is 0 Å². The summed E-state index contributed by atoms with van der Waals surface area (Å²) in [6.45, 7) is -3.23. The molecule has 0 aliphatic heterocycles. The van der Waals surface area contributed by atoms with Gasteiger partial charge in [0.2, 0.25) is 0 Å². The maximum Gasteiger partial charge on any atom is 0.317 e. The summed E-state index contributed by atoms with van der Waals surface area (Å²) in [6, 6.07) is 5.85. The molecule has 1 atom stereocenters. The summed E-state index contributed by atoms with van der Waals surface area (Å²) in [5.41, 5.74) is 1.20. The highest BCUT2D eigenvalue weighted by molar-refractivity contribution is 7.78. The molecule has 0 saturated carbocycles. The molecule has 0 amide bonds. The number of carbonyl (C=O) groups is 5. The number of aliphatic imine (C=N–C) groups is 1. The third-order valence-electron chi connectivity index (χ3n) is 5.05. The molecule has 40 heavy (non-hydrogen) atoms. The maximum absolute atomic E-state index is 11.5. The molecule has 0 saturated heterocycles. The monoisotopic (exact) mass is 648 g/mol. The van der Waals surface area contributed by atoms with E-state index < -0.39 is 68.6 Å². The smallest absolute Gasteiger partial charge is 0.317 e. The van der Waals surface area contributed by atoms with Crippen LogP contribution in [0.15, 0.2) is 29.3 Å². The first-order valence-corrected chi connectivity index (χ1v) is 11.2. The molecule has 0 bridgehead atoms. The van der Waals surface area contributed by atoms with Gasteiger partial charge in [-0.05, 0) is 36.3 Å². The summed E-state index contributed by atoms with van der Waals surface area (Å²) in [4.78, 5) is 64.1. The zero-order valence-electron chi connectivity index (χ0n) is 20.9. The summed E-state index contributed by atoms with van der Waals surface area (Å²) in [7, 11) is 0. The van der Waals surface area contributed by atoms with Crippen LogP contribution in [0, 0.1) is 0 Å². The molecule has 5 N–H and O–H groups in total. The van der Waals surface area contributed by atoms with E-state index in [-0.39, 0.29) is 63.3 Å². The number of isothiocyanates is 1. The minimum absolute atomic E-state index is 0. The first-order valence-electron chi connectivity index (χ1n) is 10.8. The number of aliphatic carboxylic acids is 5. The van der Waals surface area contributed by atoms with E-state index in [0.29, 0.717) is 11.3 Å². The van der Waals surface area contributed by atoms with Crippen LogP contribution in [0.5, 0.6) is 0 Å². The van der Waals surface area contributed by atoms with E-state index in [0.717, 1.165) is 4.90 Å². The molecule has 0 radical (unpaired) electrons. The Morgan fingerprint density at radius 3 is 1.50 bits per heavy atom. The predicted octanol–water partition coefficient (Wildman–Crippen LogP) is 0.926. The van der Waals surface area contributed by atoms with Crippen LogP contribution in [0.2, 0.25) is 0 Å². The molecule has 14 nitrogen and oxygen atoms in total. The lowest BCUT2D eigenvalue weighted by molar-refractivity contribution is -0.144. The molecule has 0 heterocycles. The average molecular weight is 650 g/mol. The van der Waals surface area contributed by atoms with E-state index in [1.807, 2.05) is 0 Å². The topological polar surface area (TPSA) is 209 Å². The molecular formula is C22H31Cl3N4O10S. The van der Waals surface area contributed by atoms with Crippen molar-refractivity contribution in [2.45, 2.75) is 12.5 Å². The van der Waals surface area contributed by atoms with Crippen LogP contribution >= 0.6 is 49.4 Å². The average Bonchev–Trinajstić information content (AvgIpc) is 2.76. The number of nitrogens with zero attached hydrogens (tertiary/aromatic N) is 4. The van der Waals surface area contributed by atoms with Gasteiger partial charge in [-0.1, -0.05) is 12.1 Å². The minimum atomic E-state index is -1.28. The van der Waals surface area contributed by atoms with Gasteiger partial charge in [-0.3, -0.25) is 38.7 Å². The van der Waals surface area contributed by atoms with Crippen LogP contribution in [0.1, 0.15) is 5.56 Å². The Kier molecular flexibility index (Phi) is 22.8. The van der Waals surface area contributed by atoms with Crippen molar-refractivity contribution in [2.75, 3.05) is 52.4 Å². The van der Waals surface area contributed by atoms with Crippen LogP contribution < -0.4 is 0 Å². The molecule has 0 unspecified atom stereocenters. The fourth-order valence-electron chi connectivity index (χ4n) is 3.61. The number of carboxylic acid groups (broad SMARTS) is 5. The molecule has 0 aromatic heterocycles. The SMILES string of the molecule is Cl.Cl.Cl.O=C(O)CN(CCN(CC(=O)O)C[C@H](Cc1ccc(N=C=S)cc1)N(CC(=O)O)CC(=O)O)CC(=O)O. The second-order valence-electron chi connectivity index (χ2n) is 8.05. The molecule has 0 aliphatic rings. The highest BCUT2D eigenvalue weighted by Gasteiger charge is 2.27. The van der Waals surface area contributed by atoms with Gasteiger partial charge >= 0.3 is 29.8 Å². The third kappa shape index (κ3) is 18.4. The summed E-state index contributed by atoms with van der Waals surface area (Å²) in [5, 5.41) is 48.4. The van der Waals surface area contributed by atoms with E-state index >= 15 is 0 Å². The van der Waals surface area contributed by atoms with Crippen molar-refractivity contribution >= 4 is 90.1 Å². The second kappa shape index (κ2) is 21.9. The summed E-state index contributed by atoms with van der Waals surface area (Å²) in [5.74, 6) is -6.32. The number of thiocarbonyl (C=S) groups is 1. The van der Waals surface area contributed by atoms with Gasteiger partial charge < -0.3 is 25.5 Å². The van der Waals surface area contributed by atoms with Gasteiger partial charge in [0, 0.05) is 25.7 Å². The van der Waals surface area contributed by atoms with E-state index in [2.05, 4.69) is 22.4 Å². The maximum atomic E-state index is 11.5. The van der Waals surface area contributed by atoms with Crippen molar-refractivity contribution in [1.29, 1.82) is 0 Å². The number of benzene rings is 1. The van der Waals surface area contributed by atoms with Crippen molar-refractivity contribution in [1.82, 2.24) is 14.7 Å². The molecule has 0 fully saturated rings. The minimum Gasteiger partial charge on any atom is -0.480 e. The lowest BCUT2D eigenvalue weighted by Gasteiger charge is -2.34. The quantitative estimate of drug-likeness (QED) is 0.104. The molecule has 1 aromatic carbocycles. The van der Waals surface area contributed by atoms with Crippen molar-refractivity contribution in [3.8, 4) is 0 Å². The van der Waals surface area contributed by atoms with Gasteiger partial charge in [-0.15, -0.1) is 37.2 Å². The highest BCUT2D eigenvalue weighted by atomic mass is 35.5. The standard InChI is InChI=1S/C22H28N4O10S.3ClH/c27-18(28)9-24(5-6-25(10-19(29)30)11-20(31)32)8-17(26(12-21(33)34)13-22(35)36)7-15-1-3-16(4-2-15)23-14-37;;;/h1-4,17H,5-13H2,(H,27,28)(H,29,30)(H,31,32)(H,33,34)(H,35,36);3*1H/t17-;;;/m0.../s1. The fourth-order valence-corrected chi connectivity index (χ4v) is 3.71. The highest BCUT2D eigenvalue weighted by Crippen LogP contribution is 2.16. The first-order chi connectivity index (χ1) is 17.4. The first kappa shape index (κ1) is 41.6. The number of hydrogen-bond donors (Lipinski definition) is 5. The summed E-state index contributed by atoms with van der Waals surface area (Å²) >= 11 is 4.57. The zero-order chi connectivity index (χ0) is 28.0. The number of rotatable bonds is 19. The van der Waals surface area contributed by atoms with Crippen LogP contribution in [0.4, 0.5) is 5.69 Å². The summed E-state index contributed by atoms with van der Waals surface area (Å²) in [6.07, 6.45) is 0.145. The normalized spacial score (nSPS) is 10.9. The van der Waals surface area contributed by atoms with Crippen molar-refractivity contribution in [2.24, 2.45) is 4.99 Å². The van der Waals surface area contributed by atoms with E-state index in [4.69, 9.17) is 10.2 Å². The number of halogens is 3. The van der Waals surface area contributed by atoms with Crippen molar-refractivity contribution in [3.63, 3.8) is 0 Å². The van der Waals surface area contributed by atoms with Gasteiger partial charge in [-0.2, -0.15) is 4.99 Å². The van der Waals surface area contributed by atoms with E-state index in [9.17, 15) is 39.3 Å². The Morgan fingerprint density at radius 2 is 1.10 bits per heavy atom. The number of hydrogen-bond acceptors (Lipinski definition) is 10. The Labute approximate surface area is 253 Å². The Morgan fingerprint density at radius 1 is 0.700 bits per heavy atom. The van der Waals surface area contributed by atoms with Crippen LogP contribution in [0.25, 0.3) is 0 Å². The fraction of sp³-hybridized carbons (Fsp3) is 0.455. The van der Waals surface area contributed by atoms with Gasteiger partial charge in [0.25, 0.3) is 0 Å². The molecule has 1 aromatic rings. The van der Waals surface area contributed by atoms with Crippen LogP contribution in [-0.4, -0.2) is 134 Å². The van der Waals surface area contributed by atoms with Crippen molar-refractivity contribution in [3.05, 3.63) is 29.8 Å². The van der Waals surface area contributed by atoms with Gasteiger partial charge in [0.15, 0.2) is 0 Å². The second-order valence-corrected chi connectivity index (χ2v) is 8.23. The van der Waals surface area contributed by atoms with E-state index in [1.54, 1.807) is 24.3 Å². The Hall–Kier alpha value is -2.88. The van der Waals surface area contributed by atoms with Gasteiger partial charge in [0.1, 0.15) is 0 Å². The molecule has 0 aliphatic carbocycles.